The molecule has 1 aliphatic carbocycles. The second-order valence-corrected chi connectivity index (χ2v) is 14.3. The van der Waals surface area contributed by atoms with Crippen LogP contribution in [-0.4, -0.2) is 102 Å². The highest BCUT2D eigenvalue weighted by molar-refractivity contribution is 5.94. The van der Waals surface area contributed by atoms with Crippen LogP contribution < -0.4 is 9.62 Å². The summed E-state index contributed by atoms with van der Waals surface area (Å²) in [5.41, 5.74) is 5.91. The van der Waals surface area contributed by atoms with E-state index in [1.165, 1.54) is 0 Å². The second kappa shape index (κ2) is 22.5. The molecule has 0 spiro atoms. The van der Waals surface area contributed by atoms with Crippen molar-refractivity contribution in [1.29, 1.82) is 0 Å². The number of hydrogen-bond acceptors (Lipinski definition) is 10. The zero-order valence-electron chi connectivity index (χ0n) is 34.9. The molecule has 0 radical (unpaired) electrons. The first-order valence-electron chi connectivity index (χ1n) is 20.4. The summed E-state index contributed by atoms with van der Waals surface area (Å²) >= 11 is 0. The molecule has 0 aromatic heterocycles. The van der Waals surface area contributed by atoms with Crippen molar-refractivity contribution in [3.05, 3.63) is 117 Å². The highest BCUT2D eigenvalue weighted by Crippen LogP contribution is 2.57. The number of hydrogen-bond donors (Lipinski definition) is 2. The lowest BCUT2D eigenvalue weighted by Gasteiger charge is -2.35. The molecule has 0 fully saturated rings. The number of aromatic carboxylic acids is 2. The van der Waals surface area contributed by atoms with Crippen LogP contribution in [0.3, 0.4) is 0 Å². The van der Waals surface area contributed by atoms with Gasteiger partial charge in [0, 0.05) is 13.7 Å². The van der Waals surface area contributed by atoms with Crippen molar-refractivity contribution < 1.29 is 58.0 Å². The van der Waals surface area contributed by atoms with E-state index in [2.05, 4.69) is 50.2 Å². The molecule has 0 aliphatic heterocycles. The number of methoxy groups -OCH3 is 1. The Kier molecular flexibility index (Phi) is 17.3. The lowest BCUT2D eigenvalue weighted by molar-refractivity contribution is -0.215. The van der Waals surface area contributed by atoms with Gasteiger partial charge in [0.2, 0.25) is 0 Å². The zero-order chi connectivity index (χ0) is 42.2. The van der Waals surface area contributed by atoms with E-state index in [4.69, 9.17) is 38.2 Å². The van der Waals surface area contributed by atoms with Gasteiger partial charge in [0.25, 0.3) is 0 Å². The molecular formula is C47H58O12. The minimum atomic E-state index is -1.21. The van der Waals surface area contributed by atoms with Gasteiger partial charge in [-0.1, -0.05) is 74.9 Å². The third-order valence-corrected chi connectivity index (χ3v) is 10.5. The van der Waals surface area contributed by atoms with E-state index in [0.717, 1.165) is 52.6 Å². The summed E-state index contributed by atoms with van der Waals surface area (Å²) in [6, 6.07) is 23.0. The van der Waals surface area contributed by atoms with Gasteiger partial charge in [0.15, 0.2) is 5.75 Å². The van der Waals surface area contributed by atoms with Crippen molar-refractivity contribution in [2.75, 3.05) is 79.8 Å². The van der Waals surface area contributed by atoms with Crippen LogP contribution in [0.5, 0.6) is 11.5 Å². The van der Waals surface area contributed by atoms with Gasteiger partial charge in [-0.25, -0.2) is 9.59 Å². The van der Waals surface area contributed by atoms with Crippen LogP contribution in [0.15, 0.2) is 72.8 Å². The van der Waals surface area contributed by atoms with E-state index in [0.29, 0.717) is 57.4 Å². The number of carboxylic acids is 2. The van der Waals surface area contributed by atoms with Gasteiger partial charge >= 0.3 is 11.9 Å². The minimum absolute atomic E-state index is 0.0230. The van der Waals surface area contributed by atoms with E-state index in [1.54, 1.807) is 31.4 Å². The molecule has 12 nitrogen and oxygen atoms in total. The molecular weight excluding hydrogens is 757 g/mol. The molecule has 1 aliphatic rings. The summed E-state index contributed by atoms with van der Waals surface area (Å²) in [6.07, 6.45) is 2.79. The standard InChI is InChI=1S/C47H58O12/c1-6-17-53-20-21-56-25-27-58-59-44-16-12-36(31-40(44)46(50)51)47(35-11-15-43(39(30-35)45(48)49)57-26-24-55-23-22-54-19-18-52-5)41-28-32(4)9-13-37(41)38-14-10-34(29-42(38)47)33(7-2)8-3/h9-16,28-31,33H,6-8,17-27H2,1-5H3,(H,48,49)(H,50,51). The maximum Gasteiger partial charge on any atom is 0.339 e. The normalized spacial score (nSPS) is 14.3. The van der Waals surface area contributed by atoms with Gasteiger partial charge in [-0.05, 0) is 95.3 Å². The van der Waals surface area contributed by atoms with Crippen LogP contribution >= 0.6 is 0 Å². The first kappa shape index (κ1) is 45.3. The fourth-order valence-corrected chi connectivity index (χ4v) is 7.66. The molecule has 2 N–H and O–H groups in total. The molecule has 4 aromatic carbocycles. The van der Waals surface area contributed by atoms with Crippen LogP contribution in [0, 0.1) is 6.92 Å². The Hall–Kier alpha value is -4.82. The highest BCUT2D eigenvalue weighted by atomic mass is 17.2. The van der Waals surface area contributed by atoms with E-state index in [-0.39, 0.29) is 55.0 Å². The Balaban J connectivity index is 1.57. The van der Waals surface area contributed by atoms with Crippen LogP contribution in [0.4, 0.5) is 0 Å². The third-order valence-electron chi connectivity index (χ3n) is 10.5. The summed E-state index contributed by atoms with van der Waals surface area (Å²) in [5, 5.41) is 21.2. The first-order valence-corrected chi connectivity index (χ1v) is 20.4. The minimum Gasteiger partial charge on any atom is -0.490 e. The predicted molar refractivity (Wildman–Crippen MR) is 223 cm³/mol. The second-order valence-electron chi connectivity index (χ2n) is 14.3. The van der Waals surface area contributed by atoms with E-state index < -0.39 is 17.4 Å². The molecule has 4 aromatic rings. The lowest BCUT2D eigenvalue weighted by Crippen LogP contribution is -2.30. The van der Waals surface area contributed by atoms with Gasteiger partial charge in [-0.2, -0.15) is 4.89 Å². The maximum atomic E-state index is 13.0. The van der Waals surface area contributed by atoms with Gasteiger partial charge < -0.3 is 43.5 Å². The SMILES string of the molecule is CCCOCCOCCOOc1ccc(C2(c3ccc(OCCOCCOCCOC)c(C(=O)O)c3)c3cc(C)ccc3-c3ccc(C(CC)CC)cc32)cc1C(=O)O. The van der Waals surface area contributed by atoms with Crippen molar-refractivity contribution in [3.8, 4) is 22.6 Å². The number of ether oxygens (including phenoxy) is 6. The Morgan fingerprint density at radius 3 is 1.71 bits per heavy atom. The fraction of sp³-hybridized carbons (Fsp3) is 0.447. The number of aryl methyl sites for hydroxylation is 1. The Bertz CT molecular complexity index is 1900. The Morgan fingerprint density at radius 2 is 1.12 bits per heavy atom. The molecule has 5 rings (SSSR count). The largest absolute Gasteiger partial charge is 0.490 e. The van der Waals surface area contributed by atoms with Gasteiger partial charge in [-0.15, -0.1) is 0 Å². The van der Waals surface area contributed by atoms with E-state index in [9.17, 15) is 19.8 Å². The van der Waals surface area contributed by atoms with Crippen LogP contribution in [-0.2, 0) is 34.0 Å². The van der Waals surface area contributed by atoms with Gasteiger partial charge in [-0.3, -0.25) is 0 Å². The smallest absolute Gasteiger partial charge is 0.339 e. The molecule has 0 amide bonds. The molecule has 59 heavy (non-hydrogen) atoms. The number of rotatable bonds is 27. The summed E-state index contributed by atoms with van der Waals surface area (Å²) in [4.78, 5) is 37.0. The summed E-state index contributed by atoms with van der Waals surface area (Å²) in [7, 11) is 1.61. The molecule has 0 bridgehead atoms. The topological polar surface area (TPSA) is 148 Å². The summed E-state index contributed by atoms with van der Waals surface area (Å²) < 4.78 is 33.0. The number of carboxylic acid groups (broad SMARTS) is 2. The number of carbonyl (C=O) groups is 2. The quantitative estimate of drug-likeness (QED) is 0.0298. The van der Waals surface area contributed by atoms with Gasteiger partial charge in [0.1, 0.15) is 30.1 Å². The molecule has 1 unspecified atom stereocenters. The zero-order valence-corrected chi connectivity index (χ0v) is 34.9. The predicted octanol–water partition coefficient (Wildman–Crippen LogP) is 8.47. The molecule has 1 atom stereocenters. The van der Waals surface area contributed by atoms with Crippen molar-refractivity contribution in [2.45, 2.75) is 58.3 Å². The van der Waals surface area contributed by atoms with Crippen molar-refractivity contribution in [1.82, 2.24) is 0 Å². The molecule has 0 heterocycles. The van der Waals surface area contributed by atoms with Gasteiger partial charge in [0.05, 0.1) is 58.3 Å². The van der Waals surface area contributed by atoms with Crippen molar-refractivity contribution in [2.24, 2.45) is 0 Å². The summed E-state index contributed by atoms with van der Waals surface area (Å²) in [6.45, 7) is 12.3. The first-order chi connectivity index (χ1) is 28.7. The molecule has 0 saturated carbocycles. The average Bonchev–Trinajstić information content (AvgIpc) is 3.52. The van der Waals surface area contributed by atoms with Crippen LogP contribution in [0.1, 0.15) is 100 Å². The molecule has 0 saturated heterocycles. The monoisotopic (exact) mass is 814 g/mol. The lowest BCUT2D eigenvalue weighted by atomic mass is 9.66. The van der Waals surface area contributed by atoms with E-state index in [1.807, 2.05) is 26.0 Å². The highest BCUT2D eigenvalue weighted by Gasteiger charge is 2.47. The van der Waals surface area contributed by atoms with E-state index >= 15 is 0 Å². The molecule has 12 heteroatoms. The fourth-order valence-electron chi connectivity index (χ4n) is 7.66. The number of fused-ring (bicyclic) bond motifs is 3. The third kappa shape index (κ3) is 10.9. The van der Waals surface area contributed by atoms with Crippen LogP contribution in [0.2, 0.25) is 0 Å². The van der Waals surface area contributed by atoms with Crippen molar-refractivity contribution >= 4 is 11.9 Å². The Labute approximate surface area is 347 Å². The molecule has 318 valence electrons. The average molecular weight is 815 g/mol. The Morgan fingerprint density at radius 1 is 0.593 bits per heavy atom. The van der Waals surface area contributed by atoms with Crippen molar-refractivity contribution in [3.63, 3.8) is 0 Å². The number of benzene rings is 4. The van der Waals surface area contributed by atoms with Crippen LogP contribution in [0.25, 0.3) is 11.1 Å². The maximum absolute atomic E-state index is 13.0. The summed E-state index contributed by atoms with van der Waals surface area (Å²) in [5.74, 6) is -1.88.